The monoisotopic (exact) mass is 331 g/mol. The van der Waals surface area contributed by atoms with Gasteiger partial charge in [-0.05, 0) is 55.5 Å². The molecule has 0 aliphatic rings. The van der Waals surface area contributed by atoms with Gasteiger partial charge in [-0.2, -0.15) is 0 Å². The average Bonchev–Trinajstić information content (AvgIpc) is 2.91. The Kier molecular flexibility index (Phi) is 3.75. The SMILES string of the molecule is Cc1cc(C)c2c(c1)oc1ncc(-c3cc(CC(C)C)ncn3)cc12. The molecule has 0 saturated heterocycles. The van der Waals surface area contributed by atoms with Gasteiger partial charge in [0.1, 0.15) is 11.9 Å². The molecule has 0 spiro atoms. The van der Waals surface area contributed by atoms with E-state index in [0.717, 1.165) is 39.7 Å². The average molecular weight is 331 g/mol. The molecule has 0 saturated carbocycles. The standard InChI is InChI=1S/C21H21N3O/c1-12(2)5-16-9-18(24-11-23-16)15-8-17-20-14(4)6-13(3)7-19(20)25-21(17)22-10-15/h6-12H,5H2,1-4H3. The van der Waals surface area contributed by atoms with Crippen LogP contribution >= 0.6 is 0 Å². The Balaban J connectivity index is 1.88. The van der Waals surface area contributed by atoms with Gasteiger partial charge in [0.25, 0.3) is 0 Å². The van der Waals surface area contributed by atoms with Crippen molar-refractivity contribution >= 4 is 22.1 Å². The third-order valence-corrected chi connectivity index (χ3v) is 4.41. The molecule has 0 aliphatic carbocycles. The van der Waals surface area contributed by atoms with E-state index in [9.17, 15) is 0 Å². The minimum atomic E-state index is 0.562. The highest BCUT2D eigenvalue weighted by Gasteiger charge is 2.13. The molecule has 0 unspecified atom stereocenters. The third kappa shape index (κ3) is 2.88. The predicted octanol–water partition coefficient (Wildman–Crippen LogP) is 5.25. The summed E-state index contributed by atoms with van der Waals surface area (Å²) in [4.78, 5) is 13.4. The van der Waals surface area contributed by atoms with Crippen molar-refractivity contribution in [3.63, 3.8) is 0 Å². The van der Waals surface area contributed by atoms with Crippen LogP contribution in [-0.4, -0.2) is 15.0 Å². The molecule has 25 heavy (non-hydrogen) atoms. The van der Waals surface area contributed by atoms with Gasteiger partial charge in [0.2, 0.25) is 5.71 Å². The number of aromatic nitrogens is 3. The number of nitrogens with zero attached hydrogens (tertiary/aromatic N) is 3. The molecule has 0 fully saturated rings. The van der Waals surface area contributed by atoms with Crippen LogP contribution in [0.25, 0.3) is 33.3 Å². The summed E-state index contributed by atoms with van der Waals surface area (Å²) in [6.45, 7) is 8.58. The van der Waals surface area contributed by atoms with E-state index in [2.05, 4.69) is 66.9 Å². The van der Waals surface area contributed by atoms with Crippen molar-refractivity contribution in [2.45, 2.75) is 34.1 Å². The molecule has 0 radical (unpaired) electrons. The topological polar surface area (TPSA) is 51.8 Å². The maximum Gasteiger partial charge on any atom is 0.227 e. The number of benzene rings is 1. The van der Waals surface area contributed by atoms with Crippen molar-refractivity contribution < 1.29 is 4.42 Å². The fraction of sp³-hybridized carbons (Fsp3) is 0.286. The molecule has 0 amide bonds. The first kappa shape index (κ1) is 15.8. The van der Waals surface area contributed by atoms with Crippen molar-refractivity contribution in [3.8, 4) is 11.3 Å². The first-order valence-corrected chi connectivity index (χ1v) is 8.62. The second-order valence-corrected chi connectivity index (χ2v) is 7.13. The van der Waals surface area contributed by atoms with E-state index >= 15 is 0 Å². The van der Waals surface area contributed by atoms with E-state index < -0.39 is 0 Å². The van der Waals surface area contributed by atoms with E-state index in [0.29, 0.717) is 11.6 Å². The second-order valence-electron chi connectivity index (χ2n) is 7.13. The lowest BCUT2D eigenvalue weighted by atomic mass is 10.0. The van der Waals surface area contributed by atoms with Gasteiger partial charge in [-0.3, -0.25) is 0 Å². The maximum atomic E-state index is 5.94. The molecule has 0 N–H and O–H groups in total. The third-order valence-electron chi connectivity index (χ3n) is 4.41. The number of pyridine rings is 1. The minimum Gasteiger partial charge on any atom is -0.438 e. The van der Waals surface area contributed by atoms with Gasteiger partial charge in [0, 0.05) is 28.2 Å². The first-order valence-electron chi connectivity index (χ1n) is 8.62. The Labute approximate surface area is 146 Å². The first-order chi connectivity index (χ1) is 12.0. The zero-order valence-electron chi connectivity index (χ0n) is 15.0. The quantitative estimate of drug-likeness (QED) is 0.514. The van der Waals surface area contributed by atoms with Crippen LogP contribution in [0.3, 0.4) is 0 Å². The highest BCUT2D eigenvalue weighted by Crippen LogP contribution is 2.33. The Morgan fingerprint density at radius 3 is 2.64 bits per heavy atom. The number of rotatable bonds is 3. The molecule has 4 aromatic rings. The summed E-state index contributed by atoms with van der Waals surface area (Å²) in [6.07, 6.45) is 4.41. The lowest BCUT2D eigenvalue weighted by Gasteiger charge is -2.06. The summed E-state index contributed by atoms with van der Waals surface area (Å²) in [6, 6.07) is 8.42. The molecule has 4 nitrogen and oxygen atoms in total. The number of aryl methyl sites for hydroxylation is 2. The summed E-state index contributed by atoms with van der Waals surface area (Å²) in [5, 5.41) is 2.17. The van der Waals surface area contributed by atoms with Crippen LogP contribution < -0.4 is 0 Å². The maximum absolute atomic E-state index is 5.94. The Morgan fingerprint density at radius 1 is 1.00 bits per heavy atom. The van der Waals surface area contributed by atoms with Crippen LogP contribution in [0.15, 0.2) is 41.2 Å². The summed E-state index contributed by atoms with van der Waals surface area (Å²) in [7, 11) is 0. The van der Waals surface area contributed by atoms with E-state index in [-0.39, 0.29) is 0 Å². The van der Waals surface area contributed by atoms with Gasteiger partial charge < -0.3 is 4.42 Å². The summed E-state index contributed by atoms with van der Waals surface area (Å²) < 4.78 is 5.94. The molecular weight excluding hydrogens is 310 g/mol. The lowest BCUT2D eigenvalue weighted by molar-refractivity contribution is 0.634. The Hall–Kier alpha value is -2.75. The molecule has 0 atom stereocenters. The van der Waals surface area contributed by atoms with Crippen molar-refractivity contribution in [2.75, 3.05) is 0 Å². The van der Waals surface area contributed by atoms with Gasteiger partial charge in [-0.15, -0.1) is 0 Å². The van der Waals surface area contributed by atoms with E-state index in [4.69, 9.17) is 4.42 Å². The number of fused-ring (bicyclic) bond motifs is 3. The second kappa shape index (κ2) is 5.96. The Morgan fingerprint density at radius 2 is 1.84 bits per heavy atom. The predicted molar refractivity (Wildman–Crippen MR) is 101 cm³/mol. The van der Waals surface area contributed by atoms with Gasteiger partial charge in [-0.25, -0.2) is 15.0 Å². The van der Waals surface area contributed by atoms with E-state index in [1.165, 1.54) is 11.1 Å². The van der Waals surface area contributed by atoms with E-state index in [1.54, 1.807) is 6.33 Å². The molecule has 0 bridgehead atoms. The zero-order chi connectivity index (χ0) is 17.6. The van der Waals surface area contributed by atoms with Crippen LogP contribution in [0.2, 0.25) is 0 Å². The van der Waals surface area contributed by atoms with Gasteiger partial charge in [-0.1, -0.05) is 19.9 Å². The van der Waals surface area contributed by atoms with Gasteiger partial charge >= 0.3 is 0 Å². The van der Waals surface area contributed by atoms with Crippen LogP contribution in [-0.2, 0) is 6.42 Å². The fourth-order valence-electron chi connectivity index (χ4n) is 3.40. The van der Waals surface area contributed by atoms with Crippen LogP contribution in [0.4, 0.5) is 0 Å². The number of hydrogen-bond donors (Lipinski definition) is 0. The van der Waals surface area contributed by atoms with Gasteiger partial charge in [0.15, 0.2) is 0 Å². The fourth-order valence-corrected chi connectivity index (χ4v) is 3.40. The number of hydrogen-bond acceptors (Lipinski definition) is 4. The molecule has 3 aromatic heterocycles. The lowest BCUT2D eigenvalue weighted by Crippen LogP contribution is -1.98. The van der Waals surface area contributed by atoms with Crippen molar-refractivity contribution in [1.29, 1.82) is 0 Å². The molecule has 4 rings (SSSR count). The van der Waals surface area contributed by atoms with Crippen LogP contribution in [0.5, 0.6) is 0 Å². The molecule has 3 heterocycles. The molecule has 0 aliphatic heterocycles. The minimum absolute atomic E-state index is 0.562. The van der Waals surface area contributed by atoms with Gasteiger partial charge in [0.05, 0.1) is 5.69 Å². The molecule has 126 valence electrons. The van der Waals surface area contributed by atoms with Crippen molar-refractivity contribution in [3.05, 3.63) is 53.6 Å². The summed E-state index contributed by atoms with van der Waals surface area (Å²) >= 11 is 0. The Bertz CT molecular complexity index is 1080. The molecule has 1 aromatic carbocycles. The molecule has 4 heteroatoms. The normalized spacial score (nSPS) is 11.7. The largest absolute Gasteiger partial charge is 0.438 e. The number of furan rings is 1. The summed E-state index contributed by atoms with van der Waals surface area (Å²) in [5.41, 5.74) is 6.91. The summed E-state index contributed by atoms with van der Waals surface area (Å²) in [5.74, 6) is 0.562. The van der Waals surface area contributed by atoms with Crippen LogP contribution in [0.1, 0.15) is 30.7 Å². The van der Waals surface area contributed by atoms with Crippen molar-refractivity contribution in [1.82, 2.24) is 15.0 Å². The molecular formula is C21H21N3O. The van der Waals surface area contributed by atoms with Crippen molar-refractivity contribution in [2.24, 2.45) is 5.92 Å². The van der Waals surface area contributed by atoms with Crippen LogP contribution in [0, 0.1) is 19.8 Å². The zero-order valence-corrected chi connectivity index (χ0v) is 15.0. The van der Waals surface area contributed by atoms with E-state index in [1.807, 2.05) is 6.20 Å². The highest BCUT2D eigenvalue weighted by atomic mass is 16.3. The smallest absolute Gasteiger partial charge is 0.227 e. The highest BCUT2D eigenvalue weighted by molar-refractivity contribution is 6.06.